The summed E-state index contributed by atoms with van der Waals surface area (Å²) >= 11 is 0. The van der Waals surface area contributed by atoms with E-state index in [0.29, 0.717) is 29.4 Å². The smallest absolute Gasteiger partial charge is 0.358 e. The number of hydrogen-bond acceptors (Lipinski definition) is 6. The van der Waals surface area contributed by atoms with Crippen molar-refractivity contribution < 1.29 is 26.9 Å². The fourth-order valence-electron chi connectivity index (χ4n) is 5.10. The van der Waals surface area contributed by atoms with Gasteiger partial charge in [0.05, 0.1) is 18.2 Å². The van der Waals surface area contributed by atoms with Crippen molar-refractivity contribution in [3.05, 3.63) is 77.1 Å². The molecule has 2 saturated carbocycles. The highest BCUT2D eigenvalue weighted by Gasteiger charge is 2.66. The van der Waals surface area contributed by atoms with E-state index in [2.05, 4.69) is 38.2 Å². The lowest BCUT2D eigenvalue weighted by molar-refractivity contribution is -0.165. The predicted molar refractivity (Wildman–Crippen MR) is 141 cm³/mol. The third-order valence-corrected chi connectivity index (χ3v) is 8.01. The predicted octanol–water partition coefficient (Wildman–Crippen LogP) is 6.12. The number of carbonyl (C=O) groups excluding carboxylic acids is 1. The molecule has 1 amide bonds. The minimum atomic E-state index is -4.46. The third kappa shape index (κ3) is 5.34. The maximum Gasteiger partial charge on any atom is 0.401 e. The summed E-state index contributed by atoms with van der Waals surface area (Å²) < 4.78 is 61.7. The number of halogens is 4. The topological polar surface area (TPSA) is 98.7 Å². The average molecular weight is 569 g/mol. The first-order valence-corrected chi connectivity index (χ1v) is 13.7. The Bertz CT molecular complexity index is 1570. The molecule has 2 aliphatic rings. The molecule has 1 aromatic carbocycles. The van der Waals surface area contributed by atoms with Crippen molar-refractivity contribution in [2.75, 3.05) is 5.32 Å². The summed E-state index contributed by atoms with van der Waals surface area (Å²) in [4.78, 5) is 21.4. The number of benzene rings is 1. The van der Waals surface area contributed by atoms with Crippen molar-refractivity contribution >= 4 is 11.7 Å². The Morgan fingerprint density at radius 2 is 1.88 bits per heavy atom. The van der Waals surface area contributed by atoms with E-state index >= 15 is 0 Å². The van der Waals surface area contributed by atoms with Crippen molar-refractivity contribution in [1.29, 1.82) is 0 Å². The fourth-order valence-corrected chi connectivity index (χ4v) is 5.10. The van der Waals surface area contributed by atoms with E-state index in [4.69, 9.17) is 9.62 Å². The average Bonchev–Trinajstić information content (AvgIpc) is 3.46. The van der Waals surface area contributed by atoms with Gasteiger partial charge < -0.3 is 9.84 Å². The van der Waals surface area contributed by atoms with Gasteiger partial charge >= 0.3 is 6.18 Å². The Hall–Kier alpha value is -4.09. The van der Waals surface area contributed by atoms with Crippen molar-refractivity contribution in [1.82, 2.24) is 24.9 Å². The molecule has 4 aromatic rings. The molecule has 1 N–H and O–H groups in total. The number of aryl methyl sites for hydroxylation is 1. The van der Waals surface area contributed by atoms with Gasteiger partial charge in [-0.1, -0.05) is 24.2 Å². The van der Waals surface area contributed by atoms with E-state index in [0.717, 1.165) is 36.6 Å². The number of nitrogens with zero attached hydrogens (tertiary/aromatic N) is 5. The van der Waals surface area contributed by atoms with Crippen LogP contribution in [0, 0.1) is 5.82 Å². The number of rotatable bonds is 9. The third-order valence-electron chi connectivity index (χ3n) is 8.01. The monoisotopic (exact) mass is 568 g/mol. The molecule has 0 aliphatic heterocycles. The van der Waals surface area contributed by atoms with Gasteiger partial charge in [0.2, 0.25) is 5.91 Å². The molecule has 214 valence electrons. The van der Waals surface area contributed by atoms with E-state index in [9.17, 15) is 22.4 Å². The maximum atomic E-state index is 14.9. The molecule has 12 heteroatoms. The van der Waals surface area contributed by atoms with Crippen LogP contribution in [0.15, 0.2) is 47.4 Å². The van der Waals surface area contributed by atoms with E-state index in [-0.39, 0.29) is 36.4 Å². The fraction of sp³-hybridized carbons (Fsp3) is 0.414. The second-order valence-corrected chi connectivity index (χ2v) is 10.8. The van der Waals surface area contributed by atoms with Gasteiger partial charge in [-0.25, -0.2) is 14.4 Å². The molecule has 0 spiro atoms. The van der Waals surface area contributed by atoms with Crippen molar-refractivity contribution in [2.45, 2.75) is 75.9 Å². The van der Waals surface area contributed by atoms with Crippen LogP contribution in [0.1, 0.15) is 73.5 Å². The molecule has 0 atom stereocenters. The molecule has 2 fully saturated rings. The molecule has 3 aromatic heterocycles. The van der Waals surface area contributed by atoms with Crippen LogP contribution < -0.4 is 5.32 Å². The van der Waals surface area contributed by atoms with Crippen LogP contribution in [0.3, 0.4) is 0 Å². The van der Waals surface area contributed by atoms with Crippen LogP contribution in [-0.4, -0.2) is 37.0 Å². The minimum absolute atomic E-state index is 0.0871. The highest BCUT2D eigenvalue weighted by molar-refractivity contribution is 5.91. The molecule has 41 heavy (non-hydrogen) atoms. The summed E-state index contributed by atoms with van der Waals surface area (Å²) in [6.45, 7) is 2.08. The summed E-state index contributed by atoms with van der Waals surface area (Å²) in [5.41, 5.74) is 1.41. The number of hydrogen-bond donors (Lipinski definition) is 1. The molecule has 0 radical (unpaired) electrons. The zero-order valence-electron chi connectivity index (χ0n) is 22.3. The van der Waals surface area contributed by atoms with Crippen LogP contribution in [0.2, 0.25) is 0 Å². The van der Waals surface area contributed by atoms with Crippen molar-refractivity contribution in [3.8, 4) is 11.1 Å². The normalized spacial score (nSPS) is 16.4. The lowest BCUT2D eigenvalue weighted by Gasteiger charge is -2.25. The van der Waals surface area contributed by atoms with E-state index in [1.165, 1.54) is 18.6 Å². The van der Waals surface area contributed by atoms with Gasteiger partial charge in [0.25, 0.3) is 0 Å². The standard InChI is InChI=1S/C29H28F4N6O2/c1-2-23-19(16-39(37-23)21-4-3-5-21)11-25-34-14-20(15-35-25)17-6-7-18(22(30)10-17)12-27(40)36-26-13-24(41-38-26)28(8-9-28)29(31,32)33/h6-7,10,13-16,21H,2-5,8-9,11-12H2,1H3,(H,36,38,40). The quantitative estimate of drug-likeness (QED) is 0.244. The first kappa shape index (κ1) is 27.1. The number of amides is 1. The van der Waals surface area contributed by atoms with Crippen molar-refractivity contribution in [3.63, 3.8) is 0 Å². The largest absolute Gasteiger partial charge is 0.401 e. The van der Waals surface area contributed by atoms with Crippen LogP contribution in [-0.2, 0) is 29.5 Å². The molecule has 2 aliphatic carbocycles. The summed E-state index contributed by atoms with van der Waals surface area (Å²) in [5.74, 6) is -1.07. The van der Waals surface area contributed by atoms with E-state index < -0.39 is 23.3 Å². The molecular formula is C29H28F4N6O2. The van der Waals surface area contributed by atoms with Crippen LogP contribution in [0.25, 0.3) is 11.1 Å². The van der Waals surface area contributed by atoms with Gasteiger partial charge in [0.1, 0.15) is 17.1 Å². The second kappa shape index (κ2) is 10.4. The van der Waals surface area contributed by atoms with Gasteiger partial charge in [-0.2, -0.15) is 18.3 Å². The van der Waals surface area contributed by atoms with Crippen molar-refractivity contribution in [2.24, 2.45) is 0 Å². The Morgan fingerprint density at radius 3 is 2.49 bits per heavy atom. The zero-order valence-corrected chi connectivity index (χ0v) is 22.3. The van der Waals surface area contributed by atoms with E-state index in [1.807, 2.05) is 0 Å². The van der Waals surface area contributed by atoms with Gasteiger partial charge in [-0.3, -0.25) is 9.48 Å². The molecular weight excluding hydrogens is 540 g/mol. The van der Waals surface area contributed by atoms with E-state index in [1.54, 1.807) is 18.5 Å². The van der Waals surface area contributed by atoms with Gasteiger partial charge in [0.15, 0.2) is 11.6 Å². The number of nitrogens with one attached hydrogen (secondary N) is 1. The summed E-state index contributed by atoms with van der Waals surface area (Å²) in [5, 5.41) is 10.7. The SMILES string of the molecule is CCc1nn(C2CCC2)cc1Cc1ncc(-c2ccc(CC(=O)Nc3cc(C4(C(F)(F)F)CC4)on3)c(F)c2)cn1. The zero-order chi connectivity index (χ0) is 28.8. The highest BCUT2D eigenvalue weighted by Crippen LogP contribution is 2.59. The molecule has 3 heterocycles. The Morgan fingerprint density at radius 1 is 1.12 bits per heavy atom. The number of aromatic nitrogens is 5. The lowest BCUT2D eigenvalue weighted by atomic mass is 9.93. The van der Waals surface area contributed by atoms with Gasteiger partial charge in [-0.15, -0.1) is 0 Å². The molecule has 0 saturated heterocycles. The molecule has 0 unspecified atom stereocenters. The first-order valence-electron chi connectivity index (χ1n) is 13.7. The number of carbonyl (C=O) groups is 1. The van der Waals surface area contributed by atoms with Crippen LogP contribution in [0.4, 0.5) is 23.4 Å². The molecule has 8 nitrogen and oxygen atoms in total. The van der Waals surface area contributed by atoms with Gasteiger partial charge in [0, 0.05) is 42.2 Å². The minimum Gasteiger partial charge on any atom is -0.358 e. The number of alkyl halides is 3. The molecule has 0 bridgehead atoms. The second-order valence-electron chi connectivity index (χ2n) is 10.8. The van der Waals surface area contributed by atoms with Crippen LogP contribution >= 0.6 is 0 Å². The van der Waals surface area contributed by atoms with Crippen LogP contribution in [0.5, 0.6) is 0 Å². The van der Waals surface area contributed by atoms with Gasteiger partial charge in [-0.05, 0) is 55.7 Å². The highest BCUT2D eigenvalue weighted by atomic mass is 19.4. The number of anilines is 1. The summed E-state index contributed by atoms with van der Waals surface area (Å²) in [7, 11) is 0. The maximum absolute atomic E-state index is 14.9. The lowest BCUT2D eigenvalue weighted by Crippen LogP contribution is -2.28. The Kier molecular flexibility index (Phi) is 6.87. The first-order chi connectivity index (χ1) is 19.6. The Balaban J connectivity index is 1.08. The summed E-state index contributed by atoms with van der Waals surface area (Å²) in [6, 6.07) is 6.00. The summed E-state index contributed by atoms with van der Waals surface area (Å²) in [6.07, 6.45) is 5.35. The molecule has 6 rings (SSSR count). The Labute approximate surface area is 233 Å².